The number of para-hydroxylation sites is 1. The molecule has 5 nitrogen and oxygen atoms in total. The quantitative estimate of drug-likeness (QED) is 0.287. The van der Waals surface area contributed by atoms with Crippen molar-refractivity contribution in [3.63, 3.8) is 0 Å². The maximum Gasteiger partial charge on any atom is 0.220 e. The number of carbonyl (C=O) groups is 1. The topological polar surface area (TPSA) is 52.5 Å². The summed E-state index contributed by atoms with van der Waals surface area (Å²) in [5.74, 6) is 1.63. The summed E-state index contributed by atoms with van der Waals surface area (Å²) in [6.45, 7) is 7.73. The van der Waals surface area contributed by atoms with E-state index in [1.807, 2.05) is 18.2 Å². The second kappa shape index (κ2) is 11.3. The monoisotopic (exact) mass is 484 g/mol. The molecule has 1 N–H and O–H groups in total. The van der Waals surface area contributed by atoms with E-state index in [1.54, 1.807) is 14.2 Å². The molecule has 1 atom stereocenters. The van der Waals surface area contributed by atoms with E-state index in [4.69, 9.17) is 9.47 Å². The van der Waals surface area contributed by atoms with Gasteiger partial charge in [-0.15, -0.1) is 0 Å². The van der Waals surface area contributed by atoms with Gasteiger partial charge in [0.15, 0.2) is 11.5 Å². The summed E-state index contributed by atoms with van der Waals surface area (Å²) in [6, 6.07) is 23.0. The van der Waals surface area contributed by atoms with Gasteiger partial charge in [0, 0.05) is 42.5 Å². The molecule has 1 heterocycles. The highest BCUT2D eigenvalue weighted by Gasteiger charge is 2.24. The lowest BCUT2D eigenvalue weighted by molar-refractivity contribution is -0.121. The third-order valence-corrected chi connectivity index (χ3v) is 6.58. The number of hydrogen-bond donors (Lipinski definition) is 1. The summed E-state index contributed by atoms with van der Waals surface area (Å²) in [5.41, 5.74) is 5.79. The Morgan fingerprint density at radius 3 is 2.36 bits per heavy atom. The molecule has 0 aliphatic carbocycles. The van der Waals surface area contributed by atoms with Crippen molar-refractivity contribution in [3.8, 4) is 11.5 Å². The number of carbonyl (C=O) groups excluding carboxylic acids is 1. The molecule has 1 unspecified atom stereocenters. The number of amides is 1. The molecule has 0 fully saturated rings. The van der Waals surface area contributed by atoms with E-state index in [9.17, 15) is 4.79 Å². The van der Waals surface area contributed by atoms with Crippen LogP contribution in [0.3, 0.4) is 0 Å². The molecule has 0 saturated carbocycles. The smallest absolute Gasteiger partial charge is 0.220 e. The number of hydrogen-bond acceptors (Lipinski definition) is 3. The first-order chi connectivity index (χ1) is 17.4. The van der Waals surface area contributed by atoms with Crippen molar-refractivity contribution < 1.29 is 14.3 Å². The molecule has 4 rings (SSSR count). The number of nitrogens with zero attached hydrogens (tertiary/aromatic N) is 1. The van der Waals surface area contributed by atoms with Crippen LogP contribution in [0.25, 0.3) is 10.9 Å². The molecule has 1 amide bonds. The second-order valence-electron chi connectivity index (χ2n) is 9.78. The standard InChI is InChI=1S/C31H36N2O3/c1-21(2)18-32-31(34)17-26(24-14-15-29(35-4)30(16-24)36-5)27-20-33(28-9-7-6-8-25(27)28)19-23-12-10-22(3)11-13-23/h6-16,20-21,26H,17-19H2,1-5H3,(H,32,34). The Balaban J connectivity index is 1.79. The number of ether oxygens (including phenoxy) is 2. The fourth-order valence-electron chi connectivity index (χ4n) is 4.63. The van der Waals surface area contributed by atoms with Gasteiger partial charge in [0.2, 0.25) is 5.91 Å². The molecule has 0 bridgehead atoms. The minimum atomic E-state index is -0.138. The summed E-state index contributed by atoms with van der Waals surface area (Å²) in [6.07, 6.45) is 2.56. The van der Waals surface area contributed by atoms with Gasteiger partial charge in [0.1, 0.15) is 0 Å². The van der Waals surface area contributed by atoms with Gasteiger partial charge >= 0.3 is 0 Å². The number of aromatic nitrogens is 1. The van der Waals surface area contributed by atoms with E-state index in [1.165, 1.54) is 11.1 Å². The number of nitrogens with one attached hydrogen (secondary N) is 1. The predicted octanol–water partition coefficient (Wildman–Crippen LogP) is 6.31. The molecule has 5 heteroatoms. The van der Waals surface area contributed by atoms with Gasteiger partial charge in [-0.05, 0) is 47.7 Å². The van der Waals surface area contributed by atoms with Crippen molar-refractivity contribution >= 4 is 16.8 Å². The van der Waals surface area contributed by atoms with Crippen molar-refractivity contribution in [3.05, 3.63) is 95.2 Å². The third-order valence-electron chi connectivity index (χ3n) is 6.58. The second-order valence-corrected chi connectivity index (χ2v) is 9.78. The molecule has 36 heavy (non-hydrogen) atoms. The lowest BCUT2D eigenvalue weighted by atomic mass is 9.87. The fourth-order valence-corrected chi connectivity index (χ4v) is 4.63. The third kappa shape index (κ3) is 5.73. The van der Waals surface area contributed by atoms with Crippen LogP contribution in [0.1, 0.15) is 48.4 Å². The van der Waals surface area contributed by atoms with Gasteiger partial charge in [-0.3, -0.25) is 4.79 Å². The van der Waals surface area contributed by atoms with Crippen molar-refractivity contribution in [2.75, 3.05) is 20.8 Å². The Hall–Kier alpha value is -3.73. The average Bonchev–Trinajstić information content (AvgIpc) is 3.25. The fraction of sp³-hybridized carbons (Fsp3) is 0.323. The van der Waals surface area contributed by atoms with Crippen LogP contribution in [0.4, 0.5) is 0 Å². The molecule has 0 radical (unpaired) electrons. The first-order valence-corrected chi connectivity index (χ1v) is 12.5. The van der Waals surface area contributed by atoms with E-state index < -0.39 is 0 Å². The molecule has 3 aromatic carbocycles. The van der Waals surface area contributed by atoms with Crippen molar-refractivity contribution in [2.45, 2.75) is 39.7 Å². The van der Waals surface area contributed by atoms with Crippen LogP contribution >= 0.6 is 0 Å². The molecule has 0 spiro atoms. The maximum atomic E-state index is 13.1. The van der Waals surface area contributed by atoms with Crippen molar-refractivity contribution in [2.24, 2.45) is 5.92 Å². The van der Waals surface area contributed by atoms with Gasteiger partial charge in [-0.1, -0.05) is 67.9 Å². The average molecular weight is 485 g/mol. The largest absolute Gasteiger partial charge is 0.493 e. The van der Waals surface area contributed by atoms with Crippen LogP contribution in [0.2, 0.25) is 0 Å². The maximum absolute atomic E-state index is 13.1. The molecule has 4 aromatic rings. The Kier molecular flexibility index (Phi) is 7.99. The van der Waals surface area contributed by atoms with Gasteiger partial charge in [-0.2, -0.15) is 0 Å². The van der Waals surface area contributed by atoms with Gasteiger partial charge in [-0.25, -0.2) is 0 Å². The Morgan fingerprint density at radius 2 is 1.67 bits per heavy atom. The SMILES string of the molecule is COc1ccc(C(CC(=O)NCC(C)C)c2cn(Cc3ccc(C)cc3)c3ccccc23)cc1OC. The van der Waals surface area contributed by atoms with Crippen LogP contribution in [0.5, 0.6) is 11.5 Å². The Morgan fingerprint density at radius 1 is 0.944 bits per heavy atom. The van der Waals surface area contributed by atoms with Crippen LogP contribution in [0, 0.1) is 12.8 Å². The number of aryl methyl sites for hydroxylation is 1. The van der Waals surface area contributed by atoms with Crippen LogP contribution < -0.4 is 14.8 Å². The number of rotatable bonds is 10. The van der Waals surface area contributed by atoms with Crippen LogP contribution in [-0.4, -0.2) is 31.2 Å². The summed E-state index contributed by atoms with van der Waals surface area (Å²) in [4.78, 5) is 13.1. The molecule has 0 aliphatic heterocycles. The zero-order chi connectivity index (χ0) is 25.7. The van der Waals surface area contributed by atoms with Crippen molar-refractivity contribution in [1.29, 1.82) is 0 Å². The molecule has 0 aliphatic rings. The summed E-state index contributed by atoms with van der Waals surface area (Å²) >= 11 is 0. The number of benzene rings is 3. The molecule has 188 valence electrons. The van der Waals surface area contributed by atoms with Gasteiger partial charge in [0.25, 0.3) is 0 Å². The van der Waals surface area contributed by atoms with E-state index in [0.717, 1.165) is 28.6 Å². The van der Waals surface area contributed by atoms with Crippen molar-refractivity contribution in [1.82, 2.24) is 9.88 Å². The Bertz CT molecular complexity index is 1320. The molecule has 1 aromatic heterocycles. The lowest BCUT2D eigenvalue weighted by Gasteiger charge is -2.19. The highest BCUT2D eigenvalue weighted by molar-refractivity contribution is 5.87. The Labute approximate surface area is 214 Å². The number of fused-ring (bicyclic) bond motifs is 1. The summed E-state index contributed by atoms with van der Waals surface area (Å²) in [7, 11) is 3.27. The zero-order valence-electron chi connectivity index (χ0n) is 21.9. The summed E-state index contributed by atoms with van der Waals surface area (Å²) in [5, 5.41) is 4.26. The zero-order valence-corrected chi connectivity index (χ0v) is 21.9. The first kappa shape index (κ1) is 25.4. The lowest BCUT2D eigenvalue weighted by Crippen LogP contribution is -2.28. The minimum absolute atomic E-state index is 0.0406. The highest BCUT2D eigenvalue weighted by atomic mass is 16.5. The van der Waals surface area contributed by atoms with Crippen LogP contribution in [0.15, 0.2) is 72.9 Å². The van der Waals surface area contributed by atoms with Crippen LogP contribution in [-0.2, 0) is 11.3 Å². The highest BCUT2D eigenvalue weighted by Crippen LogP contribution is 2.38. The van der Waals surface area contributed by atoms with E-state index in [0.29, 0.717) is 30.4 Å². The van der Waals surface area contributed by atoms with Gasteiger partial charge < -0.3 is 19.4 Å². The first-order valence-electron chi connectivity index (χ1n) is 12.5. The van der Waals surface area contributed by atoms with E-state index in [-0.39, 0.29) is 11.8 Å². The summed E-state index contributed by atoms with van der Waals surface area (Å²) < 4.78 is 13.3. The van der Waals surface area contributed by atoms with E-state index in [2.05, 4.69) is 85.4 Å². The number of methoxy groups -OCH3 is 2. The molecular weight excluding hydrogens is 448 g/mol. The normalized spacial score (nSPS) is 12.1. The minimum Gasteiger partial charge on any atom is -0.493 e. The van der Waals surface area contributed by atoms with E-state index >= 15 is 0 Å². The molecular formula is C31H36N2O3. The van der Waals surface area contributed by atoms with Gasteiger partial charge in [0.05, 0.1) is 14.2 Å². The molecule has 0 saturated heterocycles. The predicted molar refractivity (Wildman–Crippen MR) is 146 cm³/mol.